The van der Waals surface area contributed by atoms with E-state index in [0.29, 0.717) is 0 Å². The van der Waals surface area contributed by atoms with Crippen LogP contribution >= 0.6 is 47.8 Å². The van der Waals surface area contributed by atoms with Gasteiger partial charge in [0, 0.05) is 53.3 Å². The van der Waals surface area contributed by atoms with Gasteiger partial charge in [0.1, 0.15) is 0 Å². The maximum Gasteiger partial charge on any atom is 3.00 e. The van der Waals surface area contributed by atoms with Gasteiger partial charge in [-0.25, -0.2) is 0 Å². The maximum atomic E-state index is 10.7. The van der Waals surface area contributed by atoms with E-state index >= 15 is 0 Å². The minimum Gasteiger partial charge on any atom is -0.295 e. The molecule has 0 radical (unpaired) electrons. The molecule has 0 saturated carbocycles. The molecular formula is C36H29Br3EuN2O3+3. The molecule has 0 bridgehead atoms. The molecule has 0 aliphatic heterocycles. The second-order valence-corrected chi connectivity index (χ2v) is 12.2. The molecule has 6 rings (SSSR count). The van der Waals surface area contributed by atoms with E-state index in [9.17, 15) is 14.4 Å². The van der Waals surface area contributed by atoms with E-state index in [0.717, 1.165) is 51.9 Å². The van der Waals surface area contributed by atoms with Crippen LogP contribution in [0, 0.1) is 49.4 Å². The summed E-state index contributed by atoms with van der Waals surface area (Å²) < 4.78 is 2.99. The fourth-order valence-corrected chi connectivity index (χ4v) is 4.53. The number of pyridine rings is 2. The number of ketones is 3. The molecular weight excluding hydrogens is 900 g/mol. The van der Waals surface area contributed by atoms with Crippen molar-refractivity contribution >= 4 is 86.9 Å². The van der Waals surface area contributed by atoms with Gasteiger partial charge in [-0.05, 0) is 69.3 Å². The molecule has 45 heavy (non-hydrogen) atoms. The monoisotopic (exact) mass is 927 g/mol. The summed E-state index contributed by atoms with van der Waals surface area (Å²) >= 11 is 9.85. The van der Waals surface area contributed by atoms with Crippen molar-refractivity contribution in [1.29, 1.82) is 0 Å². The smallest absolute Gasteiger partial charge is 0.295 e. The summed E-state index contributed by atoms with van der Waals surface area (Å²) in [6.45, 7) is 4.68. The molecule has 0 aliphatic rings. The van der Waals surface area contributed by atoms with Crippen molar-refractivity contribution in [2.75, 3.05) is 0 Å². The molecule has 0 N–H and O–H groups in total. The van der Waals surface area contributed by atoms with Gasteiger partial charge in [0.2, 0.25) is 0 Å². The van der Waals surface area contributed by atoms with Gasteiger partial charge in [-0.3, -0.25) is 24.4 Å². The average molecular weight is 929 g/mol. The topological polar surface area (TPSA) is 77.0 Å². The maximum absolute atomic E-state index is 10.7. The zero-order valence-electron chi connectivity index (χ0n) is 24.7. The van der Waals surface area contributed by atoms with Crippen molar-refractivity contribution in [3.8, 4) is 0 Å². The number of nitrogens with zero attached hydrogens (tertiary/aromatic N) is 2. The predicted molar refractivity (Wildman–Crippen MR) is 189 cm³/mol. The zero-order valence-corrected chi connectivity index (χ0v) is 31.9. The molecule has 0 aliphatic carbocycles. The molecule has 0 amide bonds. The largest absolute Gasteiger partial charge is 3.00 e. The van der Waals surface area contributed by atoms with Gasteiger partial charge in [0.15, 0.2) is 17.3 Å². The minimum absolute atomic E-state index is 0. The fraction of sp³-hybridized carbons (Fsp3) is 0.0833. The Morgan fingerprint density at radius 2 is 0.711 bits per heavy atom. The summed E-state index contributed by atoms with van der Waals surface area (Å²) in [5.74, 6) is 0.313. The van der Waals surface area contributed by atoms with E-state index in [1.807, 2.05) is 48.5 Å². The van der Waals surface area contributed by atoms with Crippen LogP contribution in [-0.2, 0) is 0 Å². The van der Waals surface area contributed by atoms with Crippen LogP contribution < -0.4 is 0 Å². The molecule has 2 aromatic heterocycles. The van der Waals surface area contributed by atoms with Crippen molar-refractivity contribution in [1.82, 2.24) is 9.97 Å². The number of halogens is 3. The first-order valence-corrected chi connectivity index (χ1v) is 15.8. The van der Waals surface area contributed by atoms with Gasteiger partial charge in [0.25, 0.3) is 0 Å². The molecule has 0 spiro atoms. The van der Waals surface area contributed by atoms with Crippen molar-refractivity contribution in [2.24, 2.45) is 0 Å². The van der Waals surface area contributed by atoms with Crippen LogP contribution in [0.1, 0.15) is 51.8 Å². The molecule has 6 aromatic rings. The number of carbonyl (C=O) groups is 3. The van der Waals surface area contributed by atoms with Gasteiger partial charge >= 0.3 is 49.4 Å². The van der Waals surface area contributed by atoms with Gasteiger partial charge in [-0.2, -0.15) is 0 Å². The van der Waals surface area contributed by atoms with Crippen molar-refractivity contribution in [3.63, 3.8) is 0 Å². The van der Waals surface area contributed by atoms with Gasteiger partial charge in [-0.15, -0.1) is 0 Å². The first kappa shape index (κ1) is 38.9. The van der Waals surface area contributed by atoms with E-state index in [2.05, 4.69) is 82.0 Å². The second-order valence-electron chi connectivity index (χ2n) is 9.41. The van der Waals surface area contributed by atoms with Crippen LogP contribution in [0.25, 0.3) is 21.8 Å². The number of hydrogen-bond donors (Lipinski definition) is 0. The van der Waals surface area contributed by atoms with E-state index in [-0.39, 0.29) is 66.7 Å². The minimum atomic E-state index is 0. The van der Waals surface area contributed by atoms with Crippen molar-refractivity contribution < 1.29 is 63.8 Å². The zero-order chi connectivity index (χ0) is 32.1. The van der Waals surface area contributed by atoms with Crippen LogP contribution in [0.4, 0.5) is 0 Å². The number of carbonyl (C=O) groups excluding carboxylic acids is 3. The standard InChI is InChI=1S/C12H8N2.3C8H7BrO.Eu/c1-3-9-5-6-10-4-2-8-14-12(10)11(9)13-7-1;3*1-6(10)7-2-4-8(9)5-3-7;/h1-8H;3*2-5H,1H3;/q;;;;+3. The third kappa shape index (κ3) is 13.2. The number of rotatable bonds is 3. The summed E-state index contributed by atoms with van der Waals surface area (Å²) in [6.07, 6.45) is 3.60. The molecule has 226 valence electrons. The van der Waals surface area contributed by atoms with Crippen molar-refractivity contribution in [2.45, 2.75) is 20.8 Å². The first-order chi connectivity index (χ1) is 21.0. The molecule has 0 fully saturated rings. The van der Waals surface area contributed by atoms with Crippen LogP contribution in [0.3, 0.4) is 0 Å². The quantitative estimate of drug-likeness (QED) is 0.131. The van der Waals surface area contributed by atoms with E-state index in [1.54, 1.807) is 69.6 Å². The van der Waals surface area contributed by atoms with Crippen molar-refractivity contribution in [3.05, 3.63) is 152 Å². The summed E-state index contributed by atoms with van der Waals surface area (Å²) in [4.78, 5) is 40.9. The number of Topliss-reactive ketones (excluding diaryl/α,β-unsaturated/α-hetero) is 3. The first-order valence-electron chi connectivity index (χ1n) is 13.4. The predicted octanol–water partition coefficient (Wildman–Crippen LogP) is 10.7. The third-order valence-electron chi connectivity index (χ3n) is 6.10. The second kappa shape index (κ2) is 20.1. The van der Waals surface area contributed by atoms with Crippen LogP contribution in [-0.4, -0.2) is 27.3 Å². The summed E-state index contributed by atoms with van der Waals surface area (Å²) in [5.41, 5.74) is 4.21. The average Bonchev–Trinajstić information content (AvgIpc) is 3.02. The number of aromatic nitrogens is 2. The van der Waals surface area contributed by atoms with Crippen LogP contribution in [0.5, 0.6) is 0 Å². The Labute approximate surface area is 329 Å². The number of benzene rings is 4. The van der Waals surface area contributed by atoms with E-state index in [1.165, 1.54) is 0 Å². The summed E-state index contributed by atoms with van der Waals surface area (Å²) in [5, 5.41) is 2.28. The SMILES string of the molecule is CC(=O)c1ccc(Br)cc1.CC(=O)c1ccc(Br)cc1.CC(=O)c1ccc(Br)cc1.[Eu+3].c1cnc2c(c1)ccc1cccnc12. The Morgan fingerprint density at radius 3 is 0.956 bits per heavy atom. The number of fused-ring (bicyclic) bond motifs is 3. The fourth-order valence-electron chi connectivity index (χ4n) is 3.73. The molecule has 4 aromatic carbocycles. The van der Waals surface area contributed by atoms with E-state index in [4.69, 9.17) is 0 Å². The molecule has 0 atom stereocenters. The molecule has 0 saturated heterocycles. The summed E-state index contributed by atoms with van der Waals surface area (Å²) in [6, 6.07) is 34.1. The van der Waals surface area contributed by atoms with Gasteiger partial charge < -0.3 is 0 Å². The summed E-state index contributed by atoms with van der Waals surface area (Å²) in [7, 11) is 0. The molecule has 0 unspecified atom stereocenters. The van der Waals surface area contributed by atoms with Crippen LogP contribution in [0.2, 0.25) is 0 Å². The van der Waals surface area contributed by atoms with Gasteiger partial charge in [-0.1, -0.05) is 108 Å². The van der Waals surface area contributed by atoms with Gasteiger partial charge in [0.05, 0.1) is 11.0 Å². The Kier molecular flexibility index (Phi) is 17.4. The molecule has 9 heteroatoms. The van der Waals surface area contributed by atoms with E-state index < -0.39 is 0 Å². The normalized spacial score (nSPS) is 9.64. The Balaban J connectivity index is 0.000000211. The number of hydrogen-bond acceptors (Lipinski definition) is 5. The third-order valence-corrected chi connectivity index (χ3v) is 7.68. The molecule has 2 heterocycles. The van der Waals surface area contributed by atoms with Crippen LogP contribution in [0.15, 0.2) is 135 Å². The Morgan fingerprint density at radius 1 is 0.444 bits per heavy atom. The molecule has 5 nitrogen and oxygen atoms in total. The Hall–Kier alpha value is -2.27. The Bertz CT molecular complexity index is 1680.